The van der Waals surface area contributed by atoms with Crippen molar-refractivity contribution in [3.05, 3.63) is 21.9 Å². The van der Waals surface area contributed by atoms with E-state index in [4.69, 9.17) is 4.43 Å². The zero-order chi connectivity index (χ0) is 16.3. The van der Waals surface area contributed by atoms with Crippen LogP contribution >= 0.6 is 33.9 Å². The molecule has 1 aromatic heterocycles. The first kappa shape index (κ1) is 19.3. The predicted molar refractivity (Wildman–Crippen MR) is 102 cm³/mol. The van der Waals surface area contributed by atoms with E-state index in [0.717, 1.165) is 9.44 Å². The van der Waals surface area contributed by atoms with Gasteiger partial charge in [-0.3, -0.25) is 0 Å². The Kier molecular flexibility index (Phi) is 7.02. The van der Waals surface area contributed by atoms with E-state index in [0.29, 0.717) is 12.1 Å². The summed E-state index contributed by atoms with van der Waals surface area (Å²) in [6, 6.07) is 0. The zero-order valence-electron chi connectivity index (χ0n) is 13.7. The lowest BCUT2D eigenvalue weighted by Gasteiger charge is -2.38. The average molecular weight is 441 g/mol. The number of aryl methyl sites for hydroxylation is 1. The molecule has 120 valence electrons. The molecule has 0 aliphatic heterocycles. The molecule has 1 atom stereocenters. The van der Waals surface area contributed by atoms with E-state index >= 15 is 0 Å². The van der Waals surface area contributed by atoms with E-state index in [2.05, 4.69) is 61.4 Å². The summed E-state index contributed by atoms with van der Waals surface area (Å²) in [5.41, 5.74) is 0.687. The van der Waals surface area contributed by atoms with Crippen molar-refractivity contribution in [2.24, 2.45) is 0 Å². The normalized spacial score (nSPS) is 15.3. The van der Waals surface area contributed by atoms with Crippen LogP contribution in [-0.2, 0) is 4.43 Å². The first-order chi connectivity index (χ1) is 9.56. The molecule has 0 bridgehead atoms. The van der Waals surface area contributed by atoms with Gasteiger partial charge in [-0.05, 0) is 37.6 Å². The molecule has 0 amide bonds. The van der Waals surface area contributed by atoms with Crippen LogP contribution in [0.4, 0.5) is 4.39 Å². The molecule has 0 spiro atoms. The molecule has 0 saturated heterocycles. The fraction of sp³-hybridized carbons (Fsp3) is 0.667. The van der Waals surface area contributed by atoms with Crippen LogP contribution in [0.5, 0.6) is 0 Å². The van der Waals surface area contributed by atoms with Crippen molar-refractivity contribution in [1.82, 2.24) is 4.98 Å². The quantitative estimate of drug-likeness (QED) is 0.308. The maximum atomic E-state index is 14.6. The number of hydrogen-bond acceptors (Lipinski definition) is 3. The van der Waals surface area contributed by atoms with E-state index in [9.17, 15) is 4.39 Å². The molecule has 0 unspecified atom stereocenters. The molecular weight excluding hydrogens is 416 g/mol. The minimum absolute atomic E-state index is 0.0774. The van der Waals surface area contributed by atoms with Crippen LogP contribution in [0.15, 0.2) is 11.2 Å². The van der Waals surface area contributed by atoms with Crippen molar-refractivity contribution in [3.8, 4) is 0 Å². The summed E-state index contributed by atoms with van der Waals surface area (Å²) in [6.45, 7) is 12.8. The average Bonchev–Trinajstić information content (AvgIpc) is 2.72. The molecule has 0 N–H and O–H groups in total. The second-order valence-corrected chi connectivity index (χ2v) is 13.6. The molecule has 0 fully saturated rings. The number of rotatable bonds is 6. The van der Waals surface area contributed by atoms with Crippen molar-refractivity contribution in [2.75, 3.05) is 4.43 Å². The third-order valence-electron chi connectivity index (χ3n) is 3.84. The monoisotopic (exact) mass is 441 g/mol. The largest absolute Gasteiger partial charge is 0.408 e. The number of nitrogens with zero attached hydrogens (tertiary/aromatic N) is 1. The van der Waals surface area contributed by atoms with Crippen molar-refractivity contribution >= 4 is 48.3 Å². The maximum absolute atomic E-state index is 14.6. The number of aromatic nitrogens is 1. The second kappa shape index (κ2) is 7.65. The first-order valence-electron chi connectivity index (χ1n) is 7.10. The minimum atomic E-state index is -1.98. The topological polar surface area (TPSA) is 22.1 Å². The summed E-state index contributed by atoms with van der Waals surface area (Å²) >= 11 is 3.80. The van der Waals surface area contributed by atoms with Gasteiger partial charge in [0, 0.05) is 9.81 Å². The third kappa shape index (κ3) is 5.72. The second-order valence-electron chi connectivity index (χ2n) is 6.67. The molecule has 2 nitrogen and oxygen atoms in total. The predicted octanol–water partition coefficient (Wildman–Crippen LogP) is 5.98. The van der Waals surface area contributed by atoms with Gasteiger partial charge in [-0.25, -0.2) is 9.37 Å². The summed E-state index contributed by atoms with van der Waals surface area (Å²) in [6.07, 6.45) is 1.76. The summed E-state index contributed by atoms with van der Waals surface area (Å²) in [4.78, 5) is 4.29. The van der Waals surface area contributed by atoms with Gasteiger partial charge in [0.1, 0.15) is 5.83 Å². The van der Waals surface area contributed by atoms with E-state index < -0.39 is 14.4 Å². The zero-order valence-corrected chi connectivity index (χ0v) is 17.6. The van der Waals surface area contributed by atoms with Gasteiger partial charge in [0.05, 0.1) is 16.8 Å². The highest BCUT2D eigenvalue weighted by atomic mass is 127. The van der Waals surface area contributed by atoms with Crippen molar-refractivity contribution in [3.63, 3.8) is 0 Å². The Bertz CT molecular complexity index is 496. The van der Waals surface area contributed by atoms with Gasteiger partial charge in [-0.15, -0.1) is 11.3 Å². The number of thiazole rings is 1. The molecule has 0 saturated carbocycles. The molecule has 0 aliphatic carbocycles. The Morgan fingerprint density at radius 1 is 1.52 bits per heavy atom. The Morgan fingerprint density at radius 3 is 2.57 bits per heavy atom. The van der Waals surface area contributed by atoms with Gasteiger partial charge in [-0.1, -0.05) is 43.4 Å². The Morgan fingerprint density at radius 2 is 2.14 bits per heavy atom. The number of halogens is 2. The van der Waals surface area contributed by atoms with Gasteiger partial charge in [-0.2, -0.15) is 0 Å². The van der Waals surface area contributed by atoms with Gasteiger partial charge in [0.15, 0.2) is 8.32 Å². The van der Waals surface area contributed by atoms with Crippen LogP contribution in [-0.4, -0.2) is 23.8 Å². The van der Waals surface area contributed by atoms with Crippen molar-refractivity contribution in [1.29, 1.82) is 0 Å². The lowest BCUT2D eigenvalue weighted by molar-refractivity contribution is 0.187. The van der Waals surface area contributed by atoms with E-state index in [1.807, 2.05) is 12.3 Å². The molecule has 21 heavy (non-hydrogen) atoms. The van der Waals surface area contributed by atoms with Gasteiger partial charge in [0.2, 0.25) is 0 Å². The summed E-state index contributed by atoms with van der Waals surface area (Å²) in [5, 5.41) is 2.90. The molecule has 6 heteroatoms. The van der Waals surface area contributed by atoms with Crippen LogP contribution in [0.25, 0.3) is 6.08 Å². The Hall–Kier alpha value is 0.207. The van der Waals surface area contributed by atoms with E-state index in [1.165, 1.54) is 17.4 Å². The Labute approximate surface area is 146 Å². The van der Waals surface area contributed by atoms with Crippen molar-refractivity contribution in [2.45, 2.75) is 58.4 Å². The lowest BCUT2D eigenvalue weighted by atomic mass is 10.2. The van der Waals surface area contributed by atoms with E-state index in [1.54, 1.807) is 0 Å². The fourth-order valence-electron chi connectivity index (χ4n) is 1.57. The standard InChI is InChI=1S/C15H25FINOSSi/c1-11-18-12(10-20-11)9-13(16)14(7-8-17)19-21(5,6)15(2,3)4/h9-10,14H,7-8H2,1-6H3/t14-/m0/s1. The minimum Gasteiger partial charge on any atom is -0.408 e. The fourth-order valence-corrected chi connectivity index (χ4v) is 4.00. The third-order valence-corrected chi connectivity index (χ3v) is 9.75. The van der Waals surface area contributed by atoms with Crippen LogP contribution in [0, 0.1) is 6.92 Å². The summed E-state index contributed by atoms with van der Waals surface area (Å²) in [5.74, 6) is -0.207. The Balaban J connectivity index is 2.93. The molecule has 0 radical (unpaired) electrons. The number of alkyl halides is 1. The first-order valence-corrected chi connectivity index (χ1v) is 12.4. The van der Waals surface area contributed by atoms with Crippen LogP contribution in [0.2, 0.25) is 18.1 Å². The van der Waals surface area contributed by atoms with Crippen LogP contribution < -0.4 is 0 Å². The summed E-state index contributed by atoms with van der Waals surface area (Å²) < 4.78 is 21.7. The maximum Gasteiger partial charge on any atom is 0.193 e. The van der Waals surface area contributed by atoms with Gasteiger partial charge < -0.3 is 4.43 Å². The molecule has 1 aromatic rings. The molecule has 0 aliphatic rings. The molecule has 1 heterocycles. The van der Waals surface area contributed by atoms with Gasteiger partial charge >= 0.3 is 0 Å². The van der Waals surface area contributed by atoms with Gasteiger partial charge in [0.25, 0.3) is 0 Å². The highest BCUT2D eigenvalue weighted by molar-refractivity contribution is 14.1. The van der Waals surface area contributed by atoms with Crippen molar-refractivity contribution < 1.29 is 8.82 Å². The van der Waals surface area contributed by atoms with Crippen LogP contribution in [0.1, 0.15) is 37.9 Å². The smallest absolute Gasteiger partial charge is 0.193 e. The number of hydrogen-bond donors (Lipinski definition) is 0. The lowest BCUT2D eigenvalue weighted by Crippen LogP contribution is -2.44. The van der Waals surface area contributed by atoms with E-state index in [-0.39, 0.29) is 10.9 Å². The van der Waals surface area contributed by atoms with Crippen LogP contribution in [0.3, 0.4) is 0 Å². The summed E-state index contributed by atoms with van der Waals surface area (Å²) in [7, 11) is -1.98. The molecular formula is C15H25FINOSSi. The highest BCUT2D eigenvalue weighted by Crippen LogP contribution is 2.38. The molecule has 1 rings (SSSR count). The molecule has 0 aromatic carbocycles. The highest BCUT2D eigenvalue weighted by Gasteiger charge is 2.39. The SMILES string of the molecule is Cc1nc(C=C(F)[C@H](CCI)O[Si](C)(C)C(C)(C)C)cs1.